The van der Waals surface area contributed by atoms with E-state index in [0.29, 0.717) is 5.69 Å². The fraction of sp³-hybridized carbons (Fsp3) is 0.300. The average molecular weight is 406 g/mol. The molecule has 0 aliphatic rings. The molecule has 0 radical (unpaired) electrons. The Morgan fingerprint density at radius 2 is 1.61 bits per heavy atom. The number of anilines is 1. The smallest absolute Gasteiger partial charge is 0.243 e. The molecular formula is C20H23FN2O4S. The Bertz CT molecular complexity index is 952. The van der Waals surface area contributed by atoms with Gasteiger partial charge in [-0.2, -0.15) is 0 Å². The molecule has 8 heteroatoms. The number of amides is 2. The first kappa shape index (κ1) is 21.6. The number of benzene rings is 2. The normalized spacial score (nSPS) is 11.1. The number of halogens is 1. The fourth-order valence-corrected chi connectivity index (χ4v) is 3.90. The number of aryl methyl sites for hydroxylation is 2. The van der Waals surface area contributed by atoms with Gasteiger partial charge in [0.2, 0.25) is 11.8 Å². The van der Waals surface area contributed by atoms with Crippen molar-refractivity contribution in [2.45, 2.75) is 25.2 Å². The lowest BCUT2D eigenvalue weighted by Crippen LogP contribution is -2.35. The number of sulfone groups is 1. The van der Waals surface area contributed by atoms with Crippen LogP contribution in [0.4, 0.5) is 10.1 Å². The van der Waals surface area contributed by atoms with Crippen LogP contribution in [0.3, 0.4) is 0 Å². The number of carbonyl (C=O) groups is 2. The molecular weight excluding hydrogens is 383 g/mol. The first-order valence-electron chi connectivity index (χ1n) is 8.68. The minimum atomic E-state index is -3.71. The maximum atomic E-state index is 12.9. The van der Waals surface area contributed by atoms with Crippen LogP contribution in [0.2, 0.25) is 0 Å². The van der Waals surface area contributed by atoms with E-state index in [0.717, 1.165) is 35.4 Å². The highest BCUT2D eigenvalue weighted by molar-refractivity contribution is 7.91. The Morgan fingerprint density at radius 3 is 2.18 bits per heavy atom. The molecule has 0 fully saturated rings. The summed E-state index contributed by atoms with van der Waals surface area (Å²) in [5.41, 5.74) is 2.52. The van der Waals surface area contributed by atoms with Crippen LogP contribution in [0.5, 0.6) is 0 Å². The number of hydrogen-bond donors (Lipinski definition) is 1. The first-order chi connectivity index (χ1) is 13.1. The molecule has 6 nitrogen and oxygen atoms in total. The topological polar surface area (TPSA) is 83.6 Å². The molecule has 0 unspecified atom stereocenters. The van der Waals surface area contributed by atoms with Crippen molar-refractivity contribution >= 4 is 27.3 Å². The van der Waals surface area contributed by atoms with Crippen molar-refractivity contribution in [2.24, 2.45) is 0 Å². The predicted octanol–water partition coefficient (Wildman–Crippen LogP) is 2.70. The Morgan fingerprint density at radius 1 is 1.04 bits per heavy atom. The van der Waals surface area contributed by atoms with Crippen molar-refractivity contribution in [1.82, 2.24) is 4.90 Å². The Kier molecular flexibility index (Phi) is 6.90. The molecule has 0 spiro atoms. The lowest BCUT2D eigenvalue weighted by Gasteiger charge is -2.18. The van der Waals surface area contributed by atoms with Gasteiger partial charge in [0, 0.05) is 19.2 Å². The largest absolute Gasteiger partial charge is 0.336 e. The average Bonchev–Trinajstić information content (AvgIpc) is 2.63. The van der Waals surface area contributed by atoms with Gasteiger partial charge < -0.3 is 10.2 Å². The second kappa shape index (κ2) is 8.97. The van der Waals surface area contributed by atoms with E-state index in [1.165, 1.54) is 11.9 Å². The number of nitrogens with one attached hydrogen (secondary N) is 1. The van der Waals surface area contributed by atoms with E-state index in [9.17, 15) is 22.4 Å². The van der Waals surface area contributed by atoms with Crippen LogP contribution in [0.1, 0.15) is 17.5 Å². The van der Waals surface area contributed by atoms with Gasteiger partial charge in [-0.15, -0.1) is 0 Å². The highest BCUT2D eigenvalue weighted by atomic mass is 32.2. The lowest BCUT2D eigenvalue weighted by molar-refractivity contribution is -0.132. The Balaban J connectivity index is 1.92. The van der Waals surface area contributed by atoms with E-state index >= 15 is 0 Å². The molecule has 1 N–H and O–H groups in total. The molecule has 2 aromatic rings. The third-order valence-corrected chi connectivity index (χ3v) is 6.04. The summed E-state index contributed by atoms with van der Waals surface area (Å²) in [6.07, 6.45) is -0.271. The van der Waals surface area contributed by atoms with Crippen molar-refractivity contribution in [3.05, 3.63) is 59.4 Å². The molecule has 28 heavy (non-hydrogen) atoms. The highest BCUT2D eigenvalue weighted by Gasteiger charge is 2.20. The van der Waals surface area contributed by atoms with Crippen LogP contribution < -0.4 is 5.32 Å². The quantitative estimate of drug-likeness (QED) is 0.717. The minimum absolute atomic E-state index is 0.0443. The molecule has 0 bridgehead atoms. The lowest BCUT2D eigenvalue weighted by atomic mass is 10.1. The second-order valence-electron chi connectivity index (χ2n) is 6.59. The summed E-state index contributed by atoms with van der Waals surface area (Å²) in [4.78, 5) is 25.6. The zero-order valence-electron chi connectivity index (χ0n) is 16.0. The fourth-order valence-electron chi connectivity index (χ4n) is 2.67. The summed E-state index contributed by atoms with van der Waals surface area (Å²) in [6.45, 7) is 3.55. The highest BCUT2D eigenvalue weighted by Crippen LogP contribution is 2.19. The molecule has 0 aromatic heterocycles. The summed E-state index contributed by atoms with van der Waals surface area (Å²) in [5, 5.41) is 2.78. The van der Waals surface area contributed by atoms with Crippen LogP contribution in [0.25, 0.3) is 0 Å². The van der Waals surface area contributed by atoms with Gasteiger partial charge in [0.1, 0.15) is 5.82 Å². The number of likely N-dealkylation sites (N-methyl/N-ethyl adjacent to an activating group) is 1. The molecule has 0 aliphatic heterocycles. The zero-order chi connectivity index (χ0) is 20.9. The van der Waals surface area contributed by atoms with E-state index in [-0.39, 0.29) is 23.8 Å². The van der Waals surface area contributed by atoms with E-state index in [2.05, 4.69) is 5.32 Å². The van der Waals surface area contributed by atoms with Crippen molar-refractivity contribution in [3.8, 4) is 0 Å². The summed E-state index contributed by atoms with van der Waals surface area (Å²) in [6, 6.07) is 10.1. The molecule has 0 saturated carbocycles. The van der Waals surface area contributed by atoms with Gasteiger partial charge in [-0.05, 0) is 49.2 Å². The summed E-state index contributed by atoms with van der Waals surface area (Å²) in [7, 11) is -2.27. The predicted molar refractivity (Wildman–Crippen MR) is 105 cm³/mol. The van der Waals surface area contributed by atoms with Gasteiger partial charge in [-0.1, -0.05) is 18.2 Å². The third kappa shape index (κ3) is 5.63. The molecule has 0 atom stereocenters. The number of para-hydroxylation sites is 1. The molecule has 2 amide bonds. The van der Waals surface area contributed by atoms with Crippen molar-refractivity contribution in [1.29, 1.82) is 0 Å². The van der Waals surface area contributed by atoms with Crippen LogP contribution >= 0.6 is 0 Å². The van der Waals surface area contributed by atoms with Gasteiger partial charge in [-0.3, -0.25) is 9.59 Å². The van der Waals surface area contributed by atoms with Gasteiger partial charge >= 0.3 is 0 Å². The third-order valence-electron chi connectivity index (χ3n) is 4.31. The van der Waals surface area contributed by atoms with Crippen LogP contribution in [-0.4, -0.2) is 44.5 Å². The number of carbonyl (C=O) groups excluding carboxylic acids is 2. The van der Waals surface area contributed by atoms with Gasteiger partial charge in [0.05, 0.1) is 17.2 Å². The van der Waals surface area contributed by atoms with E-state index in [1.807, 2.05) is 32.0 Å². The second-order valence-corrected chi connectivity index (χ2v) is 8.70. The molecule has 2 aromatic carbocycles. The minimum Gasteiger partial charge on any atom is -0.336 e. The summed E-state index contributed by atoms with van der Waals surface area (Å²) in [5.74, 6) is -1.79. The molecule has 2 rings (SSSR count). The van der Waals surface area contributed by atoms with Crippen molar-refractivity contribution in [2.75, 3.05) is 24.7 Å². The zero-order valence-corrected chi connectivity index (χ0v) is 16.8. The van der Waals surface area contributed by atoms with E-state index in [1.54, 1.807) is 0 Å². The van der Waals surface area contributed by atoms with Gasteiger partial charge in [0.15, 0.2) is 9.84 Å². The maximum absolute atomic E-state index is 12.9. The summed E-state index contributed by atoms with van der Waals surface area (Å²) >= 11 is 0. The van der Waals surface area contributed by atoms with Crippen molar-refractivity contribution in [3.63, 3.8) is 0 Å². The van der Waals surface area contributed by atoms with E-state index < -0.39 is 27.3 Å². The van der Waals surface area contributed by atoms with Crippen LogP contribution in [0.15, 0.2) is 47.4 Å². The standard InChI is InChI=1S/C20H23FN2O4S/c1-14-5-4-6-15(2)20(14)22-18(24)13-23(3)19(25)11-12-28(26,27)17-9-7-16(21)8-10-17/h4-10H,11-13H2,1-3H3,(H,22,24). The van der Waals surface area contributed by atoms with E-state index in [4.69, 9.17) is 0 Å². The number of nitrogens with zero attached hydrogens (tertiary/aromatic N) is 1. The SMILES string of the molecule is Cc1cccc(C)c1NC(=O)CN(C)C(=O)CCS(=O)(=O)c1ccc(F)cc1. The Labute approximate surface area is 164 Å². The molecule has 0 aliphatic carbocycles. The number of rotatable bonds is 7. The Hall–Kier alpha value is -2.74. The first-order valence-corrected chi connectivity index (χ1v) is 10.3. The van der Waals surface area contributed by atoms with Crippen LogP contribution in [0, 0.1) is 19.7 Å². The summed E-state index contributed by atoms with van der Waals surface area (Å²) < 4.78 is 37.4. The van der Waals surface area contributed by atoms with Crippen LogP contribution in [-0.2, 0) is 19.4 Å². The molecule has 0 heterocycles. The van der Waals surface area contributed by atoms with Gasteiger partial charge in [0.25, 0.3) is 0 Å². The molecule has 150 valence electrons. The number of hydrogen-bond acceptors (Lipinski definition) is 4. The molecule has 0 saturated heterocycles. The van der Waals surface area contributed by atoms with Gasteiger partial charge in [-0.25, -0.2) is 12.8 Å². The monoisotopic (exact) mass is 406 g/mol. The maximum Gasteiger partial charge on any atom is 0.243 e. The van der Waals surface area contributed by atoms with Crippen molar-refractivity contribution < 1.29 is 22.4 Å².